The van der Waals surface area contributed by atoms with Crippen molar-refractivity contribution in [2.24, 2.45) is 0 Å². The minimum atomic E-state index is 0.317. The lowest BCUT2D eigenvalue weighted by Crippen LogP contribution is -1.92. The molecule has 4 nitrogen and oxygen atoms in total. The monoisotopic (exact) mass is 266 g/mol. The van der Waals surface area contributed by atoms with Gasteiger partial charge in [-0.3, -0.25) is 0 Å². The van der Waals surface area contributed by atoms with Crippen molar-refractivity contribution in [3.8, 4) is 11.5 Å². The Morgan fingerprint density at radius 1 is 1.35 bits per heavy atom. The van der Waals surface area contributed by atoms with Crippen molar-refractivity contribution in [3.63, 3.8) is 0 Å². The van der Waals surface area contributed by atoms with E-state index in [2.05, 4.69) is 4.98 Å². The predicted molar refractivity (Wildman–Crippen MR) is 68.7 cm³/mol. The maximum absolute atomic E-state index is 5.58. The molecule has 0 aliphatic carbocycles. The Hall–Kier alpha value is -1.40. The van der Waals surface area contributed by atoms with Crippen molar-refractivity contribution in [1.29, 1.82) is 0 Å². The summed E-state index contributed by atoms with van der Waals surface area (Å²) < 4.78 is 11.7. The van der Waals surface area contributed by atoms with Crippen LogP contribution < -0.4 is 15.2 Å². The first kappa shape index (κ1) is 10.7. The Balaban J connectivity index is 1.69. The van der Waals surface area contributed by atoms with E-state index in [0.717, 1.165) is 21.5 Å². The number of aromatic nitrogens is 1. The van der Waals surface area contributed by atoms with Crippen LogP contribution in [0.1, 0.15) is 5.56 Å². The van der Waals surface area contributed by atoms with Crippen LogP contribution in [-0.2, 0) is 5.75 Å². The summed E-state index contributed by atoms with van der Waals surface area (Å²) in [4.78, 5) is 4.02. The zero-order valence-electron chi connectivity index (χ0n) is 8.88. The number of nitrogens with two attached hydrogens (primary N) is 1. The minimum absolute atomic E-state index is 0.317. The number of hydrogen-bond acceptors (Lipinski definition) is 6. The molecule has 88 valence electrons. The molecule has 0 atom stereocenters. The lowest BCUT2D eigenvalue weighted by molar-refractivity contribution is 0.174. The summed E-state index contributed by atoms with van der Waals surface area (Å²) in [5.74, 6) is 2.52. The van der Waals surface area contributed by atoms with Crippen LogP contribution in [0.25, 0.3) is 0 Å². The van der Waals surface area contributed by atoms with Crippen LogP contribution >= 0.6 is 23.1 Å². The van der Waals surface area contributed by atoms with E-state index in [9.17, 15) is 0 Å². The molecule has 0 fully saturated rings. The number of anilines is 1. The van der Waals surface area contributed by atoms with Crippen molar-refractivity contribution in [2.45, 2.75) is 9.96 Å². The van der Waals surface area contributed by atoms with E-state index in [1.165, 1.54) is 16.9 Å². The number of thioether (sulfide) groups is 1. The van der Waals surface area contributed by atoms with Crippen molar-refractivity contribution in [3.05, 3.63) is 30.0 Å². The van der Waals surface area contributed by atoms with Gasteiger partial charge in [0.15, 0.2) is 16.6 Å². The SMILES string of the molecule is Nc1ncc(SCc2ccc3c(c2)OCO3)s1. The third kappa shape index (κ3) is 2.32. The molecule has 1 aromatic heterocycles. The van der Waals surface area contributed by atoms with E-state index < -0.39 is 0 Å². The quantitative estimate of drug-likeness (QED) is 0.866. The van der Waals surface area contributed by atoms with Crippen LogP contribution in [0.3, 0.4) is 0 Å². The third-order valence-corrected chi connectivity index (χ3v) is 4.41. The molecule has 1 aliphatic rings. The standard InChI is InChI=1S/C11H10N2O2S2/c12-11-13-4-10(17-11)16-5-7-1-2-8-9(3-7)15-6-14-8/h1-4H,5-6H2,(H2,12,13). The molecule has 6 heteroatoms. The molecule has 0 amide bonds. The molecular formula is C11H10N2O2S2. The molecule has 3 rings (SSSR count). The van der Waals surface area contributed by atoms with Gasteiger partial charge < -0.3 is 15.2 Å². The summed E-state index contributed by atoms with van der Waals surface area (Å²) >= 11 is 3.23. The minimum Gasteiger partial charge on any atom is -0.454 e. The summed E-state index contributed by atoms with van der Waals surface area (Å²) in [5, 5.41) is 0.609. The Bertz CT molecular complexity index is 542. The molecule has 0 radical (unpaired) electrons. The van der Waals surface area contributed by atoms with Crippen molar-refractivity contribution < 1.29 is 9.47 Å². The second-order valence-corrected chi connectivity index (χ2v) is 5.83. The summed E-state index contributed by atoms with van der Waals surface area (Å²) in [6.07, 6.45) is 1.80. The van der Waals surface area contributed by atoms with E-state index in [-0.39, 0.29) is 0 Å². The third-order valence-electron chi connectivity index (χ3n) is 2.32. The van der Waals surface area contributed by atoms with Gasteiger partial charge in [0.05, 0.1) is 10.4 Å². The first-order chi connectivity index (χ1) is 8.31. The van der Waals surface area contributed by atoms with E-state index >= 15 is 0 Å². The van der Waals surface area contributed by atoms with Crippen molar-refractivity contribution in [2.75, 3.05) is 12.5 Å². The number of benzene rings is 1. The number of nitrogen functional groups attached to an aromatic ring is 1. The number of rotatable bonds is 3. The number of ether oxygens (including phenoxy) is 2. The molecule has 1 aliphatic heterocycles. The summed E-state index contributed by atoms with van der Waals surface area (Å²) in [6, 6.07) is 6.00. The second-order valence-electron chi connectivity index (χ2n) is 3.49. The molecule has 17 heavy (non-hydrogen) atoms. The zero-order valence-corrected chi connectivity index (χ0v) is 10.5. The van der Waals surface area contributed by atoms with Gasteiger partial charge in [-0.2, -0.15) is 0 Å². The van der Waals surface area contributed by atoms with Crippen molar-refractivity contribution >= 4 is 28.2 Å². The molecule has 0 saturated carbocycles. The summed E-state index contributed by atoms with van der Waals surface area (Å²) in [5.41, 5.74) is 6.78. The highest BCUT2D eigenvalue weighted by atomic mass is 32.2. The van der Waals surface area contributed by atoms with E-state index in [1.807, 2.05) is 18.2 Å². The highest BCUT2D eigenvalue weighted by molar-refractivity contribution is 8.00. The normalized spacial score (nSPS) is 12.9. The van der Waals surface area contributed by atoms with Crippen LogP contribution in [0, 0.1) is 0 Å². The van der Waals surface area contributed by atoms with Gasteiger partial charge in [-0.1, -0.05) is 17.4 Å². The smallest absolute Gasteiger partial charge is 0.231 e. The Morgan fingerprint density at radius 2 is 2.24 bits per heavy atom. The second kappa shape index (κ2) is 4.46. The lowest BCUT2D eigenvalue weighted by Gasteiger charge is -2.01. The van der Waals surface area contributed by atoms with Crippen LogP contribution in [0.5, 0.6) is 11.5 Å². The molecule has 2 N–H and O–H groups in total. The number of hydrogen-bond donors (Lipinski definition) is 1. The highest BCUT2D eigenvalue weighted by Crippen LogP contribution is 2.35. The van der Waals surface area contributed by atoms with Gasteiger partial charge in [0.1, 0.15) is 0 Å². The molecule has 2 aromatic rings. The zero-order chi connectivity index (χ0) is 11.7. The topological polar surface area (TPSA) is 57.4 Å². The summed E-state index contributed by atoms with van der Waals surface area (Å²) in [7, 11) is 0. The Kier molecular flexibility index (Phi) is 2.82. The average Bonchev–Trinajstić information content (AvgIpc) is 2.94. The molecule has 2 heterocycles. The molecule has 1 aromatic carbocycles. The van der Waals surface area contributed by atoms with E-state index in [0.29, 0.717) is 11.9 Å². The molecule has 0 spiro atoms. The lowest BCUT2D eigenvalue weighted by atomic mass is 10.2. The Labute approximate surface area is 107 Å². The molecule has 0 saturated heterocycles. The van der Waals surface area contributed by atoms with E-state index in [1.54, 1.807) is 18.0 Å². The maximum atomic E-state index is 5.58. The average molecular weight is 266 g/mol. The number of thiazole rings is 1. The molecular weight excluding hydrogens is 256 g/mol. The van der Waals surface area contributed by atoms with Crippen LogP contribution in [0.4, 0.5) is 5.13 Å². The van der Waals surface area contributed by atoms with Crippen LogP contribution in [0.15, 0.2) is 28.6 Å². The predicted octanol–water partition coefficient (Wildman–Crippen LogP) is 2.75. The van der Waals surface area contributed by atoms with Crippen molar-refractivity contribution in [1.82, 2.24) is 4.98 Å². The van der Waals surface area contributed by atoms with Gasteiger partial charge in [-0.15, -0.1) is 11.8 Å². The largest absolute Gasteiger partial charge is 0.454 e. The fourth-order valence-corrected chi connectivity index (χ4v) is 3.23. The fourth-order valence-electron chi connectivity index (χ4n) is 1.52. The number of nitrogens with zero attached hydrogens (tertiary/aromatic N) is 1. The Morgan fingerprint density at radius 3 is 3.06 bits per heavy atom. The van der Waals surface area contributed by atoms with Gasteiger partial charge in [0, 0.05) is 5.75 Å². The maximum Gasteiger partial charge on any atom is 0.231 e. The van der Waals surface area contributed by atoms with Gasteiger partial charge in [-0.25, -0.2) is 4.98 Å². The number of fused-ring (bicyclic) bond motifs is 1. The van der Waals surface area contributed by atoms with E-state index in [4.69, 9.17) is 15.2 Å². The van der Waals surface area contributed by atoms with Gasteiger partial charge in [0.2, 0.25) is 6.79 Å². The fraction of sp³-hybridized carbons (Fsp3) is 0.182. The van der Waals surface area contributed by atoms with Crippen LogP contribution in [0.2, 0.25) is 0 Å². The first-order valence-electron chi connectivity index (χ1n) is 5.04. The molecule has 0 unspecified atom stereocenters. The summed E-state index contributed by atoms with van der Waals surface area (Å²) in [6.45, 7) is 0.317. The van der Waals surface area contributed by atoms with Gasteiger partial charge in [0.25, 0.3) is 0 Å². The van der Waals surface area contributed by atoms with Crippen LogP contribution in [-0.4, -0.2) is 11.8 Å². The molecule has 0 bridgehead atoms. The van der Waals surface area contributed by atoms with Gasteiger partial charge >= 0.3 is 0 Å². The van der Waals surface area contributed by atoms with Gasteiger partial charge in [-0.05, 0) is 17.7 Å². The highest BCUT2D eigenvalue weighted by Gasteiger charge is 2.13. The first-order valence-corrected chi connectivity index (χ1v) is 6.84.